The summed E-state index contributed by atoms with van der Waals surface area (Å²) >= 11 is 0. The van der Waals surface area contributed by atoms with E-state index in [1.807, 2.05) is 30.3 Å². The van der Waals surface area contributed by atoms with Crippen LogP contribution in [0.3, 0.4) is 0 Å². The highest BCUT2D eigenvalue weighted by Crippen LogP contribution is 1.99. The van der Waals surface area contributed by atoms with Crippen LogP contribution in [0.2, 0.25) is 0 Å². The Morgan fingerprint density at radius 2 is 1.92 bits per heavy atom. The van der Waals surface area contributed by atoms with Crippen molar-refractivity contribution in [2.24, 2.45) is 5.10 Å². The minimum Gasteiger partial charge on any atom is -0.302 e. The minimum absolute atomic E-state index is 0.450. The van der Waals surface area contributed by atoms with Crippen molar-refractivity contribution in [2.75, 3.05) is 14.1 Å². The van der Waals surface area contributed by atoms with Crippen LogP contribution in [0.5, 0.6) is 0 Å². The highest BCUT2D eigenvalue weighted by Gasteiger charge is 2.00. The number of hydrazone groups is 1. The average Bonchev–Trinajstić information content (AvgIpc) is 2.15. The molecule has 0 heterocycles. The summed E-state index contributed by atoms with van der Waals surface area (Å²) in [5, 5.41) is 5.66. The normalized spacial score (nSPS) is 11.1. The van der Waals surface area contributed by atoms with E-state index in [1.54, 1.807) is 19.1 Å². The number of hydrogen-bond donors (Lipinski definition) is 0. The van der Waals surface area contributed by atoms with Crippen LogP contribution in [0.25, 0.3) is 0 Å². The summed E-state index contributed by atoms with van der Waals surface area (Å²) in [7, 11) is 3.57. The average molecular weight is 176 g/mol. The highest BCUT2D eigenvalue weighted by atomic mass is 16.1. The summed E-state index contributed by atoms with van der Waals surface area (Å²) < 4.78 is 0. The largest absolute Gasteiger partial charge is 0.302 e. The van der Waals surface area contributed by atoms with Gasteiger partial charge in [-0.05, 0) is 0 Å². The molecule has 0 aliphatic heterocycles. The van der Waals surface area contributed by atoms with E-state index in [0.717, 1.165) is 11.8 Å². The molecule has 0 unspecified atom stereocenters. The van der Waals surface area contributed by atoms with Crippen LogP contribution in [0.15, 0.2) is 35.4 Å². The Bertz CT molecular complexity index is 304. The van der Waals surface area contributed by atoms with Gasteiger partial charge in [0.2, 0.25) is 0 Å². The van der Waals surface area contributed by atoms with Crippen molar-refractivity contribution >= 4 is 12.0 Å². The Balaban J connectivity index is 2.98. The van der Waals surface area contributed by atoms with Gasteiger partial charge >= 0.3 is 0 Å². The summed E-state index contributed by atoms with van der Waals surface area (Å²) in [4.78, 5) is 10.7. The molecule has 0 N–H and O–H groups in total. The zero-order valence-corrected chi connectivity index (χ0v) is 7.77. The third-order valence-corrected chi connectivity index (χ3v) is 1.49. The van der Waals surface area contributed by atoms with Crippen molar-refractivity contribution in [2.45, 2.75) is 0 Å². The molecule has 3 nitrogen and oxygen atoms in total. The summed E-state index contributed by atoms with van der Waals surface area (Å²) in [6.45, 7) is 0. The molecule has 3 heteroatoms. The molecule has 0 aliphatic carbocycles. The van der Waals surface area contributed by atoms with Crippen LogP contribution in [0, 0.1) is 0 Å². The van der Waals surface area contributed by atoms with Gasteiger partial charge < -0.3 is 5.01 Å². The molecule has 0 spiro atoms. The molecule has 0 bridgehead atoms. The Hall–Kier alpha value is -1.64. The van der Waals surface area contributed by atoms with Gasteiger partial charge in [0.1, 0.15) is 5.71 Å². The van der Waals surface area contributed by atoms with E-state index < -0.39 is 0 Å². The molecule has 0 atom stereocenters. The molecular weight excluding hydrogens is 164 g/mol. The summed E-state index contributed by atoms with van der Waals surface area (Å²) in [5.41, 5.74) is 1.29. The predicted molar refractivity (Wildman–Crippen MR) is 52.7 cm³/mol. The van der Waals surface area contributed by atoms with Gasteiger partial charge in [-0.3, -0.25) is 4.79 Å². The molecule has 1 aromatic carbocycles. The number of nitrogens with zero attached hydrogens (tertiary/aromatic N) is 2. The maximum absolute atomic E-state index is 10.7. The second-order valence-corrected chi connectivity index (χ2v) is 2.82. The fourth-order valence-corrected chi connectivity index (χ4v) is 0.974. The van der Waals surface area contributed by atoms with Gasteiger partial charge in [0.25, 0.3) is 0 Å². The van der Waals surface area contributed by atoms with Gasteiger partial charge in [-0.1, -0.05) is 30.3 Å². The zero-order valence-electron chi connectivity index (χ0n) is 7.77. The van der Waals surface area contributed by atoms with E-state index in [1.165, 1.54) is 0 Å². The Morgan fingerprint density at radius 3 is 2.38 bits per heavy atom. The van der Waals surface area contributed by atoms with Crippen molar-refractivity contribution in [1.82, 2.24) is 5.01 Å². The van der Waals surface area contributed by atoms with E-state index in [-0.39, 0.29) is 0 Å². The van der Waals surface area contributed by atoms with Crippen molar-refractivity contribution in [3.05, 3.63) is 35.9 Å². The lowest BCUT2D eigenvalue weighted by molar-refractivity contribution is -0.102. The Labute approximate surface area is 77.7 Å². The molecule has 0 aromatic heterocycles. The van der Waals surface area contributed by atoms with Gasteiger partial charge in [0, 0.05) is 19.7 Å². The molecule has 0 saturated carbocycles. The molecule has 0 amide bonds. The Kier molecular flexibility index (Phi) is 3.20. The van der Waals surface area contributed by atoms with E-state index in [4.69, 9.17) is 0 Å². The summed E-state index contributed by atoms with van der Waals surface area (Å²) in [5.74, 6) is 0. The fourth-order valence-electron chi connectivity index (χ4n) is 0.974. The second kappa shape index (κ2) is 4.40. The number of benzene rings is 1. The zero-order chi connectivity index (χ0) is 9.68. The third kappa shape index (κ3) is 2.71. The number of aldehydes is 1. The van der Waals surface area contributed by atoms with Gasteiger partial charge in [-0.2, -0.15) is 5.10 Å². The first-order chi connectivity index (χ1) is 6.24. The van der Waals surface area contributed by atoms with Crippen LogP contribution < -0.4 is 0 Å². The molecule has 0 aliphatic rings. The van der Waals surface area contributed by atoms with E-state index in [0.29, 0.717) is 5.71 Å². The highest BCUT2D eigenvalue weighted by molar-refractivity contribution is 6.36. The van der Waals surface area contributed by atoms with Crippen molar-refractivity contribution in [3.63, 3.8) is 0 Å². The quantitative estimate of drug-likeness (QED) is 0.393. The van der Waals surface area contributed by atoms with Crippen molar-refractivity contribution in [3.8, 4) is 0 Å². The van der Waals surface area contributed by atoms with Crippen LogP contribution >= 0.6 is 0 Å². The molecule has 1 rings (SSSR count). The lowest BCUT2D eigenvalue weighted by atomic mass is 10.1. The molecule has 0 saturated heterocycles. The van der Waals surface area contributed by atoms with E-state index >= 15 is 0 Å². The minimum atomic E-state index is 0.450. The van der Waals surface area contributed by atoms with E-state index in [9.17, 15) is 4.79 Å². The van der Waals surface area contributed by atoms with Gasteiger partial charge in [-0.25, -0.2) is 0 Å². The molecule has 0 radical (unpaired) electrons. The van der Waals surface area contributed by atoms with Crippen LogP contribution in [-0.4, -0.2) is 31.1 Å². The standard InChI is InChI=1S/C10H12N2O/c1-12(2)11-10(8-13)9-6-4-3-5-7-9/h3-8H,1-2H3/b11-10+. The first kappa shape index (κ1) is 9.45. The number of rotatable bonds is 3. The lowest BCUT2D eigenvalue weighted by Crippen LogP contribution is -2.10. The monoisotopic (exact) mass is 176 g/mol. The first-order valence-corrected chi connectivity index (χ1v) is 4.00. The van der Waals surface area contributed by atoms with Gasteiger partial charge in [0.15, 0.2) is 6.29 Å². The van der Waals surface area contributed by atoms with Crippen molar-refractivity contribution in [1.29, 1.82) is 0 Å². The van der Waals surface area contributed by atoms with Gasteiger partial charge in [-0.15, -0.1) is 0 Å². The SMILES string of the molecule is CN(C)/N=C(\C=O)c1ccccc1. The van der Waals surface area contributed by atoms with Crippen molar-refractivity contribution < 1.29 is 4.79 Å². The number of carbonyl (C=O) groups excluding carboxylic acids is 1. The lowest BCUT2D eigenvalue weighted by Gasteiger charge is -2.05. The molecule has 0 fully saturated rings. The molecule has 68 valence electrons. The second-order valence-electron chi connectivity index (χ2n) is 2.82. The van der Waals surface area contributed by atoms with Crippen LogP contribution in [0.4, 0.5) is 0 Å². The first-order valence-electron chi connectivity index (χ1n) is 4.00. The van der Waals surface area contributed by atoms with Crippen LogP contribution in [0.1, 0.15) is 5.56 Å². The number of hydrogen-bond acceptors (Lipinski definition) is 3. The number of carbonyl (C=O) groups is 1. The smallest absolute Gasteiger partial charge is 0.170 e. The molecule has 13 heavy (non-hydrogen) atoms. The molecule has 1 aromatic rings. The van der Waals surface area contributed by atoms with Crippen LogP contribution in [-0.2, 0) is 4.79 Å². The topological polar surface area (TPSA) is 32.7 Å². The Morgan fingerprint density at radius 1 is 1.31 bits per heavy atom. The van der Waals surface area contributed by atoms with E-state index in [2.05, 4.69) is 5.10 Å². The summed E-state index contributed by atoms with van der Waals surface area (Å²) in [6.07, 6.45) is 0.759. The maximum Gasteiger partial charge on any atom is 0.170 e. The fraction of sp³-hybridized carbons (Fsp3) is 0.200. The summed E-state index contributed by atoms with van der Waals surface area (Å²) in [6, 6.07) is 9.38. The molecular formula is C10H12N2O. The van der Waals surface area contributed by atoms with Gasteiger partial charge in [0.05, 0.1) is 0 Å². The third-order valence-electron chi connectivity index (χ3n) is 1.49. The predicted octanol–water partition coefficient (Wildman–Crippen LogP) is 1.15. The maximum atomic E-state index is 10.7.